The van der Waals surface area contributed by atoms with Crippen molar-refractivity contribution in [2.75, 3.05) is 39.5 Å². The summed E-state index contributed by atoms with van der Waals surface area (Å²) in [7, 11) is 0. The lowest BCUT2D eigenvalue weighted by atomic mass is 10.3. The second kappa shape index (κ2) is 11.4. The number of hydrogen-bond donors (Lipinski definition) is 2. The number of nitrogens with zero attached hydrogens (tertiary/aromatic N) is 1. The van der Waals surface area contributed by atoms with E-state index >= 15 is 0 Å². The molecule has 1 aromatic rings. The predicted molar refractivity (Wildman–Crippen MR) is 83.7 cm³/mol. The summed E-state index contributed by atoms with van der Waals surface area (Å²) in [6.45, 7) is 5.37. The van der Waals surface area contributed by atoms with E-state index < -0.39 is 11.9 Å². The third kappa shape index (κ3) is 8.44. The minimum Gasteiger partial charge on any atom is -0.491 e. The molecule has 134 valence electrons. The van der Waals surface area contributed by atoms with Crippen LogP contribution >= 0.6 is 0 Å². The number of ether oxygens (including phenoxy) is 2. The molecule has 0 spiro atoms. The highest BCUT2D eigenvalue weighted by atomic mass is 19.1. The Bertz CT molecular complexity index is 507. The zero-order valence-electron chi connectivity index (χ0n) is 13.3. The number of carbonyl (C=O) groups is 2. The number of unbranched alkanes of at least 4 members (excludes halogenated alkanes) is 1. The molecule has 1 fully saturated rings. The van der Waals surface area contributed by atoms with Gasteiger partial charge in [-0.15, -0.1) is 0 Å². The number of morpholine rings is 1. The molecule has 0 saturated carbocycles. The SMILES string of the molecule is Fc1ccccc1OCCCCN1CCOCC1.O=C(O)C(=O)O. The molecule has 1 heterocycles. The fourth-order valence-electron chi connectivity index (χ4n) is 2.01. The molecule has 1 aliphatic rings. The first-order valence-electron chi connectivity index (χ1n) is 7.64. The van der Waals surface area contributed by atoms with Crippen LogP contribution in [0.3, 0.4) is 0 Å². The Kier molecular flexibility index (Phi) is 9.40. The van der Waals surface area contributed by atoms with Gasteiger partial charge in [0.1, 0.15) is 0 Å². The average Bonchev–Trinajstić information content (AvgIpc) is 2.57. The predicted octanol–water partition coefficient (Wildman–Crippen LogP) is 1.47. The molecule has 0 amide bonds. The standard InChI is InChI=1S/C14H20FNO2.C2H2O4/c15-13-5-1-2-6-14(13)18-10-4-3-7-16-8-11-17-12-9-16;3-1(4)2(5)6/h1-2,5-6H,3-4,7-12H2;(H,3,4)(H,5,6). The lowest BCUT2D eigenvalue weighted by Gasteiger charge is -2.26. The number of rotatable bonds is 6. The summed E-state index contributed by atoms with van der Waals surface area (Å²) in [6.07, 6.45) is 2.03. The lowest BCUT2D eigenvalue weighted by molar-refractivity contribution is -0.159. The molecule has 0 unspecified atom stereocenters. The minimum absolute atomic E-state index is 0.286. The van der Waals surface area contributed by atoms with Gasteiger partial charge < -0.3 is 19.7 Å². The first-order valence-corrected chi connectivity index (χ1v) is 7.64. The lowest BCUT2D eigenvalue weighted by Crippen LogP contribution is -2.36. The van der Waals surface area contributed by atoms with Crippen LogP contribution in [0.15, 0.2) is 24.3 Å². The van der Waals surface area contributed by atoms with Gasteiger partial charge >= 0.3 is 11.9 Å². The highest BCUT2D eigenvalue weighted by Crippen LogP contribution is 2.15. The summed E-state index contributed by atoms with van der Waals surface area (Å²) >= 11 is 0. The van der Waals surface area contributed by atoms with Gasteiger partial charge in [0.2, 0.25) is 0 Å². The smallest absolute Gasteiger partial charge is 0.414 e. The van der Waals surface area contributed by atoms with Gasteiger partial charge in [-0.05, 0) is 31.5 Å². The zero-order valence-corrected chi connectivity index (χ0v) is 13.3. The Hall–Kier alpha value is -2.19. The van der Waals surface area contributed by atoms with Crippen LogP contribution in [-0.4, -0.2) is 66.5 Å². The van der Waals surface area contributed by atoms with Crippen molar-refractivity contribution in [3.63, 3.8) is 0 Å². The highest BCUT2D eigenvalue weighted by molar-refractivity contribution is 6.27. The number of benzene rings is 1. The van der Waals surface area contributed by atoms with E-state index in [-0.39, 0.29) is 5.82 Å². The number of aliphatic carboxylic acids is 2. The molecule has 0 atom stereocenters. The summed E-state index contributed by atoms with van der Waals surface area (Å²) in [5.41, 5.74) is 0. The van der Waals surface area contributed by atoms with Crippen LogP contribution in [0.25, 0.3) is 0 Å². The molecule has 0 aliphatic carbocycles. The van der Waals surface area contributed by atoms with E-state index in [1.165, 1.54) is 6.07 Å². The summed E-state index contributed by atoms with van der Waals surface area (Å²) in [4.78, 5) is 20.6. The quantitative estimate of drug-likeness (QED) is 0.596. The monoisotopic (exact) mass is 343 g/mol. The van der Waals surface area contributed by atoms with E-state index in [0.717, 1.165) is 45.7 Å². The molecule has 1 saturated heterocycles. The van der Waals surface area contributed by atoms with Gasteiger partial charge in [-0.3, -0.25) is 4.90 Å². The zero-order chi connectivity index (χ0) is 17.8. The molecule has 1 aromatic carbocycles. The average molecular weight is 343 g/mol. The molecular formula is C16H22FNO6. The number of hydrogen-bond acceptors (Lipinski definition) is 5. The van der Waals surface area contributed by atoms with Crippen molar-refractivity contribution in [3.8, 4) is 5.75 Å². The van der Waals surface area contributed by atoms with E-state index in [4.69, 9.17) is 29.3 Å². The van der Waals surface area contributed by atoms with Gasteiger partial charge in [-0.25, -0.2) is 14.0 Å². The molecular weight excluding hydrogens is 321 g/mol. The maximum absolute atomic E-state index is 13.2. The second-order valence-corrected chi connectivity index (χ2v) is 5.05. The Morgan fingerprint density at radius 2 is 1.75 bits per heavy atom. The maximum Gasteiger partial charge on any atom is 0.414 e. The third-order valence-electron chi connectivity index (χ3n) is 3.25. The van der Waals surface area contributed by atoms with Crippen molar-refractivity contribution in [1.82, 2.24) is 4.90 Å². The summed E-state index contributed by atoms with van der Waals surface area (Å²) in [5.74, 6) is -3.58. The Labute approximate surface area is 139 Å². The largest absolute Gasteiger partial charge is 0.491 e. The first kappa shape index (κ1) is 19.9. The van der Waals surface area contributed by atoms with Crippen molar-refractivity contribution in [1.29, 1.82) is 0 Å². The van der Waals surface area contributed by atoms with Crippen LogP contribution in [-0.2, 0) is 14.3 Å². The number of carboxylic acid groups (broad SMARTS) is 2. The minimum atomic E-state index is -1.82. The maximum atomic E-state index is 13.2. The van der Waals surface area contributed by atoms with Crippen LogP contribution < -0.4 is 4.74 Å². The summed E-state index contributed by atoms with van der Waals surface area (Å²) in [6, 6.07) is 6.53. The van der Waals surface area contributed by atoms with E-state index in [0.29, 0.717) is 12.4 Å². The first-order chi connectivity index (χ1) is 11.5. The third-order valence-corrected chi connectivity index (χ3v) is 3.25. The molecule has 2 rings (SSSR count). The molecule has 0 bridgehead atoms. The van der Waals surface area contributed by atoms with Crippen LogP contribution in [0.2, 0.25) is 0 Å². The van der Waals surface area contributed by atoms with Crippen molar-refractivity contribution < 1.29 is 33.7 Å². The van der Waals surface area contributed by atoms with Gasteiger partial charge in [-0.2, -0.15) is 0 Å². The number of halogens is 1. The Morgan fingerprint density at radius 3 is 2.33 bits per heavy atom. The second-order valence-electron chi connectivity index (χ2n) is 5.05. The molecule has 1 aliphatic heterocycles. The Morgan fingerprint density at radius 1 is 1.12 bits per heavy atom. The highest BCUT2D eigenvalue weighted by Gasteiger charge is 2.09. The van der Waals surface area contributed by atoms with Gasteiger partial charge in [0.05, 0.1) is 19.8 Å². The van der Waals surface area contributed by atoms with Gasteiger partial charge in [0.15, 0.2) is 11.6 Å². The molecule has 0 aromatic heterocycles. The normalized spacial score (nSPS) is 14.4. The summed E-state index contributed by atoms with van der Waals surface area (Å²) in [5, 5.41) is 14.8. The van der Waals surface area contributed by atoms with E-state index in [1.807, 2.05) is 0 Å². The van der Waals surface area contributed by atoms with Gasteiger partial charge in [0.25, 0.3) is 0 Å². The molecule has 7 nitrogen and oxygen atoms in total. The topological polar surface area (TPSA) is 96.3 Å². The fraction of sp³-hybridized carbons (Fsp3) is 0.500. The van der Waals surface area contributed by atoms with Gasteiger partial charge in [0, 0.05) is 13.1 Å². The van der Waals surface area contributed by atoms with E-state index in [1.54, 1.807) is 18.2 Å². The number of para-hydroxylation sites is 1. The van der Waals surface area contributed by atoms with Crippen LogP contribution in [0.1, 0.15) is 12.8 Å². The fourth-order valence-corrected chi connectivity index (χ4v) is 2.01. The molecule has 2 N–H and O–H groups in total. The van der Waals surface area contributed by atoms with Gasteiger partial charge in [-0.1, -0.05) is 12.1 Å². The van der Waals surface area contributed by atoms with Crippen molar-refractivity contribution >= 4 is 11.9 Å². The Balaban J connectivity index is 0.000000413. The van der Waals surface area contributed by atoms with Crippen molar-refractivity contribution in [3.05, 3.63) is 30.1 Å². The van der Waals surface area contributed by atoms with E-state index in [9.17, 15) is 4.39 Å². The van der Waals surface area contributed by atoms with Crippen LogP contribution in [0, 0.1) is 5.82 Å². The number of carboxylic acids is 2. The summed E-state index contributed by atoms with van der Waals surface area (Å²) < 4.78 is 23.9. The van der Waals surface area contributed by atoms with Crippen LogP contribution in [0.5, 0.6) is 5.75 Å². The van der Waals surface area contributed by atoms with Crippen molar-refractivity contribution in [2.45, 2.75) is 12.8 Å². The molecule has 8 heteroatoms. The van der Waals surface area contributed by atoms with Crippen molar-refractivity contribution in [2.24, 2.45) is 0 Å². The van der Waals surface area contributed by atoms with E-state index in [2.05, 4.69) is 4.90 Å². The van der Waals surface area contributed by atoms with Crippen LogP contribution in [0.4, 0.5) is 4.39 Å². The molecule has 0 radical (unpaired) electrons. The molecule has 24 heavy (non-hydrogen) atoms.